The summed E-state index contributed by atoms with van der Waals surface area (Å²) in [5.74, 6) is 8.24. The van der Waals surface area contributed by atoms with Crippen molar-refractivity contribution in [2.75, 3.05) is 5.43 Å². The van der Waals surface area contributed by atoms with Gasteiger partial charge in [-0.1, -0.05) is 13.8 Å². The maximum Gasteiger partial charge on any atom is 0.143 e. The molecular weight excluding hydrogens is 200 g/mol. The molecule has 0 unspecified atom stereocenters. The minimum Gasteiger partial charge on any atom is -0.308 e. The number of rotatable bonds is 5. The van der Waals surface area contributed by atoms with E-state index in [0.717, 1.165) is 30.2 Å². The van der Waals surface area contributed by atoms with E-state index in [2.05, 4.69) is 29.2 Å². The van der Waals surface area contributed by atoms with Crippen molar-refractivity contribution in [3.05, 3.63) is 17.6 Å². The summed E-state index contributed by atoms with van der Waals surface area (Å²) >= 11 is 0. The zero-order valence-corrected chi connectivity index (χ0v) is 10.0. The molecule has 1 fully saturated rings. The number of hydrazine groups is 1. The SMILES string of the molecule is CCC(CC)c1nc(NN)cc(C2CC2)n1. The van der Waals surface area contributed by atoms with Crippen LogP contribution in [-0.2, 0) is 0 Å². The molecular formula is C12H20N4. The van der Waals surface area contributed by atoms with Crippen LogP contribution in [0, 0.1) is 0 Å². The van der Waals surface area contributed by atoms with Crippen LogP contribution in [0.3, 0.4) is 0 Å². The third-order valence-corrected chi connectivity index (χ3v) is 3.26. The first-order valence-corrected chi connectivity index (χ1v) is 6.14. The Balaban J connectivity index is 2.31. The molecule has 4 heteroatoms. The zero-order chi connectivity index (χ0) is 11.5. The summed E-state index contributed by atoms with van der Waals surface area (Å²) < 4.78 is 0. The molecule has 0 saturated heterocycles. The van der Waals surface area contributed by atoms with Crippen molar-refractivity contribution < 1.29 is 0 Å². The zero-order valence-electron chi connectivity index (χ0n) is 10.0. The van der Waals surface area contributed by atoms with Crippen LogP contribution in [0.15, 0.2) is 6.07 Å². The van der Waals surface area contributed by atoms with Gasteiger partial charge in [0.1, 0.15) is 11.6 Å². The molecule has 0 aromatic carbocycles. The Morgan fingerprint density at radius 3 is 2.56 bits per heavy atom. The van der Waals surface area contributed by atoms with E-state index in [-0.39, 0.29) is 0 Å². The van der Waals surface area contributed by atoms with Crippen molar-refractivity contribution in [1.29, 1.82) is 0 Å². The smallest absolute Gasteiger partial charge is 0.143 e. The molecule has 1 aliphatic rings. The predicted octanol–water partition coefficient (Wildman–Crippen LogP) is 2.54. The Morgan fingerprint density at radius 2 is 2.06 bits per heavy atom. The first-order chi connectivity index (χ1) is 7.78. The molecule has 0 radical (unpaired) electrons. The minimum absolute atomic E-state index is 0.450. The van der Waals surface area contributed by atoms with Crippen molar-refractivity contribution >= 4 is 5.82 Å². The van der Waals surface area contributed by atoms with Gasteiger partial charge in [0, 0.05) is 23.6 Å². The number of nitrogens with two attached hydrogens (primary N) is 1. The topological polar surface area (TPSA) is 63.8 Å². The summed E-state index contributed by atoms with van der Waals surface area (Å²) in [6, 6.07) is 1.98. The van der Waals surface area contributed by atoms with Crippen molar-refractivity contribution in [3.8, 4) is 0 Å². The van der Waals surface area contributed by atoms with Crippen LogP contribution in [0.5, 0.6) is 0 Å². The van der Waals surface area contributed by atoms with E-state index in [1.165, 1.54) is 12.8 Å². The molecule has 1 aliphatic carbocycles. The normalized spacial score (nSPS) is 15.5. The van der Waals surface area contributed by atoms with Gasteiger partial charge in [0.2, 0.25) is 0 Å². The molecule has 0 amide bonds. The highest BCUT2D eigenvalue weighted by atomic mass is 15.3. The van der Waals surface area contributed by atoms with E-state index < -0.39 is 0 Å². The number of nitrogen functional groups attached to an aromatic ring is 1. The van der Waals surface area contributed by atoms with E-state index >= 15 is 0 Å². The van der Waals surface area contributed by atoms with Crippen molar-refractivity contribution in [1.82, 2.24) is 9.97 Å². The molecule has 88 valence electrons. The van der Waals surface area contributed by atoms with Gasteiger partial charge in [-0.25, -0.2) is 15.8 Å². The molecule has 1 aromatic rings. The standard InChI is InChI=1S/C12H20N4/c1-3-8(4-2)12-14-10(9-5-6-9)7-11(15-12)16-13/h7-9H,3-6,13H2,1-2H3,(H,14,15,16). The Kier molecular flexibility index (Phi) is 3.39. The second-order valence-corrected chi connectivity index (χ2v) is 4.47. The molecule has 0 spiro atoms. The second kappa shape index (κ2) is 4.78. The van der Waals surface area contributed by atoms with Crippen molar-refractivity contribution in [2.45, 2.75) is 51.4 Å². The molecule has 1 heterocycles. The number of aromatic nitrogens is 2. The van der Waals surface area contributed by atoms with Crippen LogP contribution in [0.25, 0.3) is 0 Å². The Hall–Kier alpha value is -1.16. The highest BCUT2D eigenvalue weighted by Crippen LogP contribution is 2.40. The number of hydrogen-bond acceptors (Lipinski definition) is 4. The van der Waals surface area contributed by atoms with Gasteiger partial charge in [0.05, 0.1) is 0 Å². The molecule has 3 N–H and O–H groups in total. The summed E-state index contributed by atoms with van der Waals surface area (Å²) in [4.78, 5) is 9.14. The van der Waals surface area contributed by atoms with E-state index in [1.807, 2.05) is 6.07 Å². The fraction of sp³-hybridized carbons (Fsp3) is 0.667. The Morgan fingerprint density at radius 1 is 1.38 bits per heavy atom. The highest BCUT2D eigenvalue weighted by Gasteiger charge is 2.26. The minimum atomic E-state index is 0.450. The summed E-state index contributed by atoms with van der Waals surface area (Å²) in [5.41, 5.74) is 3.80. The van der Waals surface area contributed by atoms with Gasteiger partial charge in [-0.15, -0.1) is 0 Å². The van der Waals surface area contributed by atoms with Crippen molar-refractivity contribution in [3.63, 3.8) is 0 Å². The van der Waals surface area contributed by atoms with Gasteiger partial charge >= 0.3 is 0 Å². The van der Waals surface area contributed by atoms with Crippen molar-refractivity contribution in [2.24, 2.45) is 5.84 Å². The maximum atomic E-state index is 5.45. The maximum absolute atomic E-state index is 5.45. The van der Waals surface area contributed by atoms with Gasteiger partial charge in [0.15, 0.2) is 0 Å². The van der Waals surface area contributed by atoms with Crippen LogP contribution in [0.4, 0.5) is 5.82 Å². The molecule has 0 atom stereocenters. The van der Waals surface area contributed by atoms with Crippen LogP contribution in [-0.4, -0.2) is 9.97 Å². The van der Waals surface area contributed by atoms with Crippen LogP contribution in [0.2, 0.25) is 0 Å². The lowest BCUT2D eigenvalue weighted by Gasteiger charge is -2.13. The van der Waals surface area contributed by atoms with E-state index in [1.54, 1.807) is 0 Å². The highest BCUT2D eigenvalue weighted by molar-refractivity contribution is 5.37. The molecule has 1 saturated carbocycles. The first kappa shape index (κ1) is 11.3. The number of nitrogens with zero attached hydrogens (tertiary/aromatic N) is 2. The van der Waals surface area contributed by atoms with E-state index in [9.17, 15) is 0 Å². The predicted molar refractivity (Wildman–Crippen MR) is 65.1 cm³/mol. The Labute approximate surface area is 96.6 Å². The molecule has 4 nitrogen and oxygen atoms in total. The average molecular weight is 220 g/mol. The van der Waals surface area contributed by atoms with E-state index in [0.29, 0.717) is 11.8 Å². The molecule has 1 aromatic heterocycles. The first-order valence-electron chi connectivity index (χ1n) is 6.14. The third kappa shape index (κ3) is 2.32. The van der Waals surface area contributed by atoms with Gasteiger partial charge < -0.3 is 5.43 Å². The molecule has 0 aliphatic heterocycles. The van der Waals surface area contributed by atoms with Crippen LogP contribution >= 0.6 is 0 Å². The lowest BCUT2D eigenvalue weighted by molar-refractivity contribution is 0.598. The summed E-state index contributed by atoms with van der Waals surface area (Å²) in [7, 11) is 0. The van der Waals surface area contributed by atoms with Gasteiger partial charge in [0.25, 0.3) is 0 Å². The number of nitrogens with one attached hydrogen (secondary N) is 1. The van der Waals surface area contributed by atoms with Crippen LogP contribution < -0.4 is 11.3 Å². The second-order valence-electron chi connectivity index (χ2n) is 4.47. The monoisotopic (exact) mass is 220 g/mol. The lowest BCUT2D eigenvalue weighted by atomic mass is 10.0. The summed E-state index contributed by atoms with van der Waals surface area (Å²) in [6.07, 6.45) is 4.66. The van der Waals surface area contributed by atoms with Gasteiger partial charge in [-0.2, -0.15) is 0 Å². The van der Waals surface area contributed by atoms with Gasteiger partial charge in [-0.05, 0) is 25.7 Å². The lowest BCUT2D eigenvalue weighted by Crippen LogP contribution is -2.13. The number of anilines is 1. The summed E-state index contributed by atoms with van der Waals surface area (Å²) in [5, 5.41) is 0. The average Bonchev–Trinajstić information content (AvgIpc) is 3.14. The summed E-state index contributed by atoms with van der Waals surface area (Å²) in [6.45, 7) is 4.35. The largest absolute Gasteiger partial charge is 0.308 e. The quantitative estimate of drug-likeness (QED) is 0.591. The number of hydrogen-bond donors (Lipinski definition) is 2. The third-order valence-electron chi connectivity index (χ3n) is 3.26. The van der Waals surface area contributed by atoms with Gasteiger partial charge in [-0.3, -0.25) is 0 Å². The molecule has 2 rings (SSSR count). The van der Waals surface area contributed by atoms with E-state index in [4.69, 9.17) is 5.84 Å². The molecule has 16 heavy (non-hydrogen) atoms. The van der Waals surface area contributed by atoms with Crippen LogP contribution in [0.1, 0.15) is 62.9 Å². The fourth-order valence-corrected chi connectivity index (χ4v) is 1.98. The fourth-order valence-electron chi connectivity index (χ4n) is 1.98. The molecule has 0 bridgehead atoms. The Bertz CT molecular complexity index is 356.